The molecule has 6 atom stereocenters. The highest BCUT2D eigenvalue weighted by Gasteiger charge is 2.54. The van der Waals surface area contributed by atoms with E-state index in [1.807, 2.05) is 35.2 Å². The van der Waals surface area contributed by atoms with Crippen molar-refractivity contribution in [3.05, 3.63) is 35.9 Å². The van der Waals surface area contributed by atoms with Crippen LogP contribution in [0.15, 0.2) is 35.3 Å². The molecular weight excluding hydrogens is 560 g/mol. The summed E-state index contributed by atoms with van der Waals surface area (Å²) >= 11 is 0. The van der Waals surface area contributed by atoms with E-state index in [4.69, 9.17) is 19.2 Å². The van der Waals surface area contributed by atoms with Crippen molar-refractivity contribution in [2.45, 2.75) is 95.9 Å². The van der Waals surface area contributed by atoms with E-state index in [-0.39, 0.29) is 29.8 Å². The first-order valence-electron chi connectivity index (χ1n) is 16.6. The fraction of sp³-hybridized carbons (Fsp3) is 0.706. The fourth-order valence-corrected chi connectivity index (χ4v) is 8.17. The lowest BCUT2D eigenvalue weighted by atomic mass is 9.45. The molecule has 2 amide bonds. The van der Waals surface area contributed by atoms with Crippen molar-refractivity contribution in [3.63, 3.8) is 0 Å². The van der Waals surface area contributed by atoms with Gasteiger partial charge in [-0.15, -0.1) is 0 Å². The zero-order chi connectivity index (χ0) is 30.7. The fourth-order valence-electron chi connectivity index (χ4n) is 8.17. The minimum absolute atomic E-state index is 0.0236. The van der Waals surface area contributed by atoms with E-state index < -0.39 is 24.3 Å². The maximum Gasteiger partial charge on any atom is 0.414 e. The third-order valence-electron chi connectivity index (χ3n) is 10.9. The number of carbonyl (C=O) groups excluding carboxylic acids is 3. The summed E-state index contributed by atoms with van der Waals surface area (Å²) in [5.74, 6) is 1.51. The van der Waals surface area contributed by atoms with Gasteiger partial charge >= 0.3 is 6.09 Å². The summed E-state index contributed by atoms with van der Waals surface area (Å²) in [6.45, 7) is 6.77. The molecule has 2 heterocycles. The quantitative estimate of drug-likeness (QED) is 0.340. The molecule has 0 spiro atoms. The van der Waals surface area contributed by atoms with E-state index >= 15 is 0 Å². The number of benzene rings is 1. The number of aliphatic imine (C=N–C) groups is 1. The highest BCUT2D eigenvalue weighted by Crippen LogP contribution is 2.62. The molecule has 4 aliphatic carbocycles. The van der Waals surface area contributed by atoms with Gasteiger partial charge in [-0.25, -0.2) is 9.79 Å². The van der Waals surface area contributed by atoms with Crippen molar-refractivity contribution >= 4 is 23.7 Å². The normalized spacial score (nSPS) is 30.9. The maximum atomic E-state index is 14.2. The van der Waals surface area contributed by atoms with Crippen LogP contribution in [0.5, 0.6) is 0 Å². The number of carbonyl (C=O) groups is 3. The number of hydrogen-bond donors (Lipinski definition) is 2. The van der Waals surface area contributed by atoms with Gasteiger partial charge in [0.25, 0.3) is 0 Å². The van der Waals surface area contributed by atoms with Gasteiger partial charge in [-0.3, -0.25) is 14.9 Å². The number of fused-ring (bicyclic) bond motifs is 2. The molecule has 1 aromatic carbocycles. The Balaban J connectivity index is 1.24. The van der Waals surface area contributed by atoms with E-state index in [1.165, 1.54) is 6.42 Å². The average Bonchev–Trinajstić information content (AvgIpc) is 3.66. The second kappa shape index (κ2) is 13.6. The molecule has 0 aromatic heterocycles. The monoisotopic (exact) mass is 608 g/mol. The third-order valence-corrected chi connectivity index (χ3v) is 10.9. The van der Waals surface area contributed by atoms with Gasteiger partial charge in [0.2, 0.25) is 11.9 Å². The van der Waals surface area contributed by atoms with Crippen LogP contribution in [0, 0.1) is 23.2 Å². The molecule has 10 heteroatoms. The van der Waals surface area contributed by atoms with Crippen LogP contribution in [0.2, 0.25) is 0 Å². The Hall–Kier alpha value is -2.98. The summed E-state index contributed by atoms with van der Waals surface area (Å²) in [5.41, 5.74) is 1.30. The summed E-state index contributed by atoms with van der Waals surface area (Å²) in [6.07, 6.45) is 7.25. The molecule has 6 unspecified atom stereocenters. The number of hydrogen-bond acceptors (Lipinski definition) is 7. The van der Waals surface area contributed by atoms with E-state index in [0.717, 1.165) is 50.0 Å². The first-order chi connectivity index (χ1) is 21.3. The van der Waals surface area contributed by atoms with Gasteiger partial charge < -0.3 is 24.4 Å². The van der Waals surface area contributed by atoms with Crippen LogP contribution in [0.1, 0.15) is 70.8 Å². The Labute approximate surface area is 260 Å². The standard InChI is InChI=1S/C34H48N4O6/c1-34(2)24-13-12-23(26(34)20-24)19-27(31(40)36-30-28(39)21-43-29(30)18-22-8-4-3-5-9-22)35-32(38-14-16-42-17-15-38)37-33(41)44-25-10-6-7-11-25/h3-5,8-9,23-27,29-30H,6-7,10-21H2,1-2H3,(H,36,40)(H,35,37,41). The number of ether oxygens (including phenoxy) is 3. The Morgan fingerprint density at radius 2 is 1.84 bits per heavy atom. The number of guanidine groups is 1. The van der Waals surface area contributed by atoms with Gasteiger partial charge in [0.15, 0.2) is 5.78 Å². The predicted molar refractivity (Wildman–Crippen MR) is 165 cm³/mol. The first kappa shape index (κ1) is 31.0. The summed E-state index contributed by atoms with van der Waals surface area (Å²) in [4.78, 5) is 47.1. The molecule has 2 aliphatic heterocycles. The summed E-state index contributed by atoms with van der Waals surface area (Å²) < 4.78 is 17.1. The zero-order valence-corrected chi connectivity index (χ0v) is 26.2. The molecular formula is C34H48N4O6. The molecule has 7 rings (SSSR count). The molecule has 240 valence electrons. The Kier molecular flexibility index (Phi) is 9.56. The number of nitrogens with one attached hydrogen (secondary N) is 2. The molecule has 10 nitrogen and oxygen atoms in total. The Morgan fingerprint density at radius 1 is 1.09 bits per heavy atom. The van der Waals surface area contributed by atoms with E-state index in [1.54, 1.807) is 0 Å². The number of rotatable bonds is 8. The third kappa shape index (κ3) is 6.96. The Morgan fingerprint density at radius 3 is 2.55 bits per heavy atom. The number of ketones is 1. The van der Waals surface area contributed by atoms with E-state index in [0.29, 0.717) is 56.9 Å². The largest absolute Gasteiger partial charge is 0.446 e. The highest BCUT2D eigenvalue weighted by molar-refractivity contribution is 5.97. The second-order valence-corrected chi connectivity index (χ2v) is 13.9. The first-order valence-corrected chi connectivity index (χ1v) is 16.6. The van der Waals surface area contributed by atoms with Crippen molar-refractivity contribution < 1.29 is 28.6 Å². The van der Waals surface area contributed by atoms with Crippen LogP contribution in [0.4, 0.5) is 4.79 Å². The molecule has 0 radical (unpaired) electrons. The molecule has 2 saturated heterocycles. The lowest BCUT2D eigenvalue weighted by molar-refractivity contribution is -0.130. The second-order valence-electron chi connectivity index (χ2n) is 13.9. The van der Waals surface area contributed by atoms with Gasteiger partial charge in [0.1, 0.15) is 24.8 Å². The van der Waals surface area contributed by atoms with Gasteiger partial charge in [-0.1, -0.05) is 44.2 Å². The zero-order valence-electron chi connectivity index (χ0n) is 26.2. The smallest absolute Gasteiger partial charge is 0.414 e. The summed E-state index contributed by atoms with van der Waals surface area (Å²) in [6, 6.07) is 8.34. The van der Waals surface area contributed by atoms with Crippen LogP contribution in [-0.2, 0) is 30.2 Å². The lowest BCUT2D eigenvalue weighted by Crippen LogP contribution is -2.55. The number of nitrogens with zero attached hydrogens (tertiary/aromatic N) is 2. The molecule has 6 aliphatic rings. The minimum atomic E-state index is -0.775. The van der Waals surface area contributed by atoms with Gasteiger partial charge in [0.05, 0.1) is 19.3 Å². The van der Waals surface area contributed by atoms with Crippen molar-refractivity contribution in [3.8, 4) is 0 Å². The van der Waals surface area contributed by atoms with Crippen molar-refractivity contribution in [1.29, 1.82) is 0 Å². The molecule has 2 N–H and O–H groups in total. The molecule has 6 fully saturated rings. The molecule has 44 heavy (non-hydrogen) atoms. The predicted octanol–water partition coefficient (Wildman–Crippen LogP) is 3.87. The van der Waals surface area contributed by atoms with Crippen molar-refractivity contribution in [2.75, 3.05) is 32.9 Å². The van der Waals surface area contributed by atoms with Crippen molar-refractivity contribution in [2.24, 2.45) is 28.2 Å². The molecule has 1 aromatic rings. The Bertz CT molecular complexity index is 1210. The van der Waals surface area contributed by atoms with Crippen LogP contribution in [-0.4, -0.2) is 85.8 Å². The van der Waals surface area contributed by atoms with Gasteiger partial charge in [0, 0.05) is 19.5 Å². The average molecular weight is 609 g/mol. The van der Waals surface area contributed by atoms with Crippen LogP contribution >= 0.6 is 0 Å². The topological polar surface area (TPSA) is 119 Å². The summed E-state index contributed by atoms with van der Waals surface area (Å²) in [7, 11) is 0. The summed E-state index contributed by atoms with van der Waals surface area (Å²) in [5, 5.41) is 5.95. The molecule has 4 saturated carbocycles. The minimum Gasteiger partial charge on any atom is -0.446 e. The lowest BCUT2D eigenvalue weighted by Gasteiger charge is -2.60. The molecule has 2 bridgehead atoms. The SMILES string of the molecule is CC1(C)C2CCC(CC(N=C(NC(=O)OC3CCCC3)N3CCOCC3)C(=O)NC3C(=O)COC3Cc3ccccc3)C1C2. The van der Waals surface area contributed by atoms with Crippen molar-refractivity contribution in [1.82, 2.24) is 15.5 Å². The number of Topliss-reactive ketones (excluding diaryl/α,β-unsaturated/α-hetero) is 1. The highest BCUT2D eigenvalue weighted by atomic mass is 16.6. The van der Waals surface area contributed by atoms with Crippen LogP contribution < -0.4 is 10.6 Å². The van der Waals surface area contributed by atoms with Gasteiger partial charge in [-0.05, 0) is 80.1 Å². The van der Waals surface area contributed by atoms with Gasteiger partial charge in [-0.2, -0.15) is 0 Å². The van der Waals surface area contributed by atoms with E-state index in [2.05, 4.69) is 24.5 Å². The number of amides is 2. The van der Waals surface area contributed by atoms with Crippen LogP contribution in [0.25, 0.3) is 0 Å². The number of morpholine rings is 1. The van der Waals surface area contributed by atoms with Crippen LogP contribution in [0.3, 0.4) is 0 Å². The maximum absolute atomic E-state index is 14.2. The van der Waals surface area contributed by atoms with E-state index in [9.17, 15) is 14.4 Å². The number of alkyl carbamates (subject to hydrolysis) is 1.